The second-order valence-corrected chi connectivity index (χ2v) is 5.60. The van der Waals surface area contributed by atoms with E-state index >= 15 is 0 Å². The Labute approximate surface area is 127 Å². The fourth-order valence-electron chi connectivity index (χ4n) is 2.45. The summed E-state index contributed by atoms with van der Waals surface area (Å²) < 4.78 is 5.98. The molecule has 1 aliphatic rings. The maximum Gasteiger partial charge on any atom is 0.307 e. The van der Waals surface area contributed by atoms with E-state index in [2.05, 4.69) is 5.32 Å². The predicted octanol–water partition coefficient (Wildman–Crippen LogP) is 3.64. The van der Waals surface area contributed by atoms with Crippen molar-refractivity contribution in [2.24, 2.45) is 0 Å². The lowest BCUT2D eigenvalue weighted by atomic mass is 10.1. The van der Waals surface area contributed by atoms with Crippen molar-refractivity contribution in [3.8, 4) is 5.75 Å². The molecule has 0 aliphatic carbocycles. The van der Waals surface area contributed by atoms with E-state index in [1.807, 2.05) is 37.3 Å². The zero-order valence-electron chi connectivity index (χ0n) is 11.4. The average Bonchev–Trinajstić information content (AvgIpc) is 2.75. The Hall–Kier alpha value is -2.20. The molecule has 0 radical (unpaired) electrons. The molecule has 0 fully saturated rings. The summed E-state index contributed by atoms with van der Waals surface area (Å²) in [6.07, 6.45) is -0.00732. The zero-order chi connectivity index (χ0) is 15.0. The number of fused-ring (bicyclic) bond motifs is 1. The van der Waals surface area contributed by atoms with Crippen LogP contribution in [0.15, 0.2) is 42.5 Å². The summed E-state index contributed by atoms with van der Waals surface area (Å²) in [5.41, 5.74) is 1.79. The first-order valence-corrected chi connectivity index (χ1v) is 6.92. The van der Waals surface area contributed by atoms with Crippen molar-refractivity contribution >= 4 is 23.3 Å². The van der Waals surface area contributed by atoms with Crippen LogP contribution in [0.5, 0.6) is 5.75 Å². The van der Waals surface area contributed by atoms with E-state index in [4.69, 9.17) is 21.4 Å². The topological polar surface area (TPSA) is 58.6 Å². The smallest absolute Gasteiger partial charge is 0.307 e. The Morgan fingerprint density at radius 1 is 1.29 bits per heavy atom. The van der Waals surface area contributed by atoms with Gasteiger partial charge in [0.2, 0.25) is 5.72 Å². The van der Waals surface area contributed by atoms with Crippen molar-refractivity contribution in [1.82, 2.24) is 0 Å². The van der Waals surface area contributed by atoms with Gasteiger partial charge in [-0.05, 0) is 36.8 Å². The van der Waals surface area contributed by atoms with Gasteiger partial charge < -0.3 is 15.2 Å². The van der Waals surface area contributed by atoms with Crippen molar-refractivity contribution in [3.63, 3.8) is 0 Å². The number of hydrogen-bond donors (Lipinski definition) is 2. The largest absolute Gasteiger partial charge is 0.481 e. The highest BCUT2D eigenvalue weighted by Gasteiger charge is 2.35. The van der Waals surface area contributed by atoms with Crippen molar-refractivity contribution < 1.29 is 14.6 Å². The minimum absolute atomic E-state index is 0.00732. The van der Waals surface area contributed by atoms with Crippen LogP contribution in [-0.4, -0.2) is 11.1 Å². The molecule has 3 rings (SSSR count). The van der Waals surface area contributed by atoms with E-state index in [1.165, 1.54) is 0 Å². The van der Waals surface area contributed by atoms with Crippen molar-refractivity contribution in [1.29, 1.82) is 0 Å². The Morgan fingerprint density at radius 3 is 2.67 bits per heavy atom. The summed E-state index contributed by atoms with van der Waals surface area (Å²) in [5.74, 6) is -0.143. The number of aliphatic carboxylic acids is 1. The molecule has 2 aromatic rings. The minimum atomic E-state index is -0.852. The number of ether oxygens (including phenoxy) is 1. The molecule has 4 nitrogen and oxygen atoms in total. The van der Waals surface area contributed by atoms with Gasteiger partial charge in [-0.25, -0.2) is 0 Å². The summed E-state index contributed by atoms with van der Waals surface area (Å²) >= 11 is 5.91. The Balaban J connectivity index is 1.89. The molecule has 1 atom stereocenters. The summed E-state index contributed by atoms with van der Waals surface area (Å²) in [6.45, 7) is 1.92. The third kappa shape index (κ3) is 2.67. The van der Waals surface area contributed by atoms with Gasteiger partial charge in [0.25, 0.3) is 0 Å². The van der Waals surface area contributed by atoms with Crippen LogP contribution < -0.4 is 10.1 Å². The van der Waals surface area contributed by atoms with Crippen LogP contribution in [-0.2, 0) is 16.9 Å². The molecule has 0 aromatic heterocycles. The van der Waals surface area contributed by atoms with Crippen LogP contribution in [0.25, 0.3) is 0 Å². The van der Waals surface area contributed by atoms with Gasteiger partial charge in [-0.1, -0.05) is 29.8 Å². The van der Waals surface area contributed by atoms with Gasteiger partial charge in [0.15, 0.2) is 0 Å². The van der Waals surface area contributed by atoms with Gasteiger partial charge in [0.1, 0.15) is 5.75 Å². The van der Waals surface area contributed by atoms with Crippen molar-refractivity contribution in [2.45, 2.75) is 19.1 Å². The van der Waals surface area contributed by atoms with Gasteiger partial charge >= 0.3 is 5.97 Å². The zero-order valence-corrected chi connectivity index (χ0v) is 12.1. The maximum atomic E-state index is 10.8. The molecular weight excluding hydrogens is 290 g/mol. The summed E-state index contributed by atoms with van der Waals surface area (Å²) in [5, 5.41) is 12.8. The van der Waals surface area contributed by atoms with Crippen LogP contribution in [0.1, 0.15) is 18.1 Å². The summed E-state index contributed by atoms with van der Waals surface area (Å²) in [7, 11) is 0. The van der Waals surface area contributed by atoms with E-state index in [-0.39, 0.29) is 6.42 Å². The van der Waals surface area contributed by atoms with Crippen molar-refractivity contribution in [3.05, 3.63) is 58.6 Å². The quantitative estimate of drug-likeness (QED) is 0.909. The van der Waals surface area contributed by atoms with E-state index in [1.54, 1.807) is 12.1 Å². The monoisotopic (exact) mass is 303 g/mol. The molecule has 1 heterocycles. The fraction of sp³-hybridized carbons (Fsp3) is 0.188. The number of carboxylic acids is 1. The Bertz CT molecular complexity index is 699. The van der Waals surface area contributed by atoms with Gasteiger partial charge in [-0.15, -0.1) is 0 Å². The molecule has 0 saturated carbocycles. The van der Waals surface area contributed by atoms with Gasteiger partial charge in [-0.2, -0.15) is 0 Å². The first-order chi connectivity index (χ1) is 9.96. The first-order valence-electron chi connectivity index (χ1n) is 6.54. The average molecular weight is 304 g/mol. The highest BCUT2D eigenvalue weighted by molar-refractivity contribution is 6.30. The Morgan fingerprint density at radius 2 is 2.00 bits per heavy atom. The fourth-order valence-corrected chi connectivity index (χ4v) is 2.58. The third-order valence-corrected chi connectivity index (χ3v) is 3.73. The molecule has 108 valence electrons. The number of nitrogens with one attached hydrogen (secondary N) is 1. The maximum absolute atomic E-state index is 10.8. The highest BCUT2D eigenvalue weighted by Crippen LogP contribution is 2.42. The summed E-state index contributed by atoms with van der Waals surface area (Å²) in [6, 6.07) is 12.8. The van der Waals surface area contributed by atoms with Crippen LogP contribution in [0, 0.1) is 0 Å². The van der Waals surface area contributed by atoms with Gasteiger partial charge in [0.05, 0.1) is 12.1 Å². The molecule has 2 N–H and O–H groups in total. The minimum Gasteiger partial charge on any atom is -0.481 e. The first kappa shape index (κ1) is 13.8. The molecule has 5 heteroatoms. The molecule has 0 bridgehead atoms. The summed E-state index contributed by atoms with van der Waals surface area (Å²) in [4.78, 5) is 10.8. The lowest BCUT2D eigenvalue weighted by Gasteiger charge is -2.25. The number of anilines is 1. The van der Waals surface area contributed by atoms with Crippen LogP contribution in [0.2, 0.25) is 5.02 Å². The number of benzene rings is 2. The molecule has 21 heavy (non-hydrogen) atoms. The normalized spacial score (nSPS) is 19.5. The van der Waals surface area contributed by atoms with E-state index in [0.29, 0.717) is 10.8 Å². The van der Waals surface area contributed by atoms with E-state index < -0.39 is 11.7 Å². The molecular formula is C16H14ClNO3. The highest BCUT2D eigenvalue weighted by atomic mass is 35.5. The lowest BCUT2D eigenvalue weighted by Crippen LogP contribution is -2.33. The number of halogens is 1. The SMILES string of the molecule is CC1(c2ccc(Cl)cc2)Nc2cc(CC(=O)O)ccc2O1. The molecule has 0 amide bonds. The van der Waals surface area contributed by atoms with Crippen molar-refractivity contribution in [2.75, 3.05) is 5.32 Å². The van der Waals surface area contributed by atoms with E-state index in [9.17, 15) is 4.79 Å². The Kier molecular flexibility index (Phi) is 3.26. The number of carboxylic acid groups (broad SMARTS) is 1. The lowest BCUT2D eigenvalue weighted by molar-refractivity contribution is -0.136. The second-order valence-electron chi connectivity index (χ2n) is 5.17. The van der Waals surface area contributed by atoms with E-state index in [0.717, 1.165) is 16.8 Å². The molecule has 2 aromatic carbocycles. The molecule has 0 spiro atoms. The molecule has 0 saturated heterocycles. The molecule has 1 aliphatic heterocycles. The number of hydrogen-bond acceptors (Lipinski definition) is 3. The van der Waals surface area contributed by atoms with Crippen LogP contribution in [0.3, 0.4) is 0 Å². The van der Waals surface area contributed by atoms with Crippen LogP contribution >= 0.6 is 11.6 Å². The molecule has 1 unspecified atom stereocenters. The standard InChI is InChI=1S/C16H14ClNO3/c1-16(11-3-5-12(17)6-4-11)18-13-8-10(9-15(19)20)2-7-14(13)21-16/h2-8,18H,9H2,1H3,(H,19,20). The second kappa shape index (κ2) is 4.97. The van der Waals surface area contributed by atoms with Gasteiger partial charge in [0, 0.05) is 10.6 Å². The third-order valence-electron chi connectivity index (χ3n) is 3.48. The number of carbonyl (C=O) groups is 1. The van der Waals surface area contributed by atoms with Crippen LogP contribution in [0.4, 0.5) is 5.69 Å². The van der Waals surface area contributed by atoms with Gasteiger partial charge in [-0.3, -0.25) is 4.79 Å². The predicted molar refractivity (Wildman–Crippen MR) is 80.8 cm³/mol. The number of rotatable bonds is 3.